The fraction of sp³-hybridized carbons (Fsp3) is 1.00. The maximum atomic E-state index is 10.2. The van der Waals surface area contributed by atoms with E-state index in [1.165, 1.54) is 0 Å². The predicted molar refractivity (Wildman–Crippen MR) is 41.3 cm³/mol. The standard InChI is InChI=1S/C5H9Br2O/c1-5(2,7)4(6)3-8/h4H,3H2,1-2H3. The maximum absolute atomic E-state index is 10.2. The molecule has 1 unspecified atom stereocenters. The van der Waals surface area contributed by atoms with Gasteiger partial charge in [0.25, 0.3) is 0 Å². The molecule has 0 saturated carbocycles. The van der Waals surface area contributed by atoms with Gasteiger partial charge in [-0.05, 0) is 13.8 Å². The molecule has 0 heterocycles. The first-order valence-corrected chi connectivity index (χ1v) is 4.10. The Labute approximate surface area is 66.7 Å². The largest absolute Gasteiger partial charge is 0.235 e. The topological polar surface area (TPSA) is 19.9 Å². The lowest BCUT2D eigenvalue weighted by Gasteiger charge is -2.19. The van der Waals surface area contributed by atoms with Crippen LogP contribution in [0.4, 0.5) is 0 Å². The third-order valence-corrected chi connectivity index (χ3v) is 3.47. The van der Waals surface area contributed by atoms with Crippen LogP contribution in [0.3, 0.4) is 0 Å². The molecule has 3 heteroatoms. The first kappa shape index (κ1) is 8.92. The molecule has 49 valence electrons. The summed E-state index contributed by atoms with van der Waals surface area (Å²) in [6.45, 7) is 3.84. The van der Waals surface area contributed by atoms with Gasteiger partial charge in [-0.1, -0.05) is 31.9 Å². The highest BCUT2D eigenvalue weighted by Crippen LogP contribution is 2.26. The van der Waals surface area contributed by atoms with Crippen LogP contribution in [0.1, 0.15) is 13.8 Å². The summed E-state index contributed by atoms with van der Waals surface area (Å²) in [4.78, 5) is 0.0231. The van der Waals surface area contributed by atoms with E-state index in [0.717, 1.165) is 0 Å². The molecule has 0 aromatic carbocycles. The average molecular weight is 245 g/mol. The van der Waals surface area contributed by atoms with E-state index in [9.17, 15) is 5.11 Å². The van der Waals surface area contributed by atoms with Gasteiger partial charge in [0.15, 0.2) is 0 Å². The molecule has 8 heavy (non-hydrogen) atoms. The molecule has 1 nitrogen and oxygen atoms in total. The summed E-state index contributed by atoms with van der Waals surface area (Å²) in [5.41, 5.74) is 0. The zero-order chi connectivity index (χ0) is 6.78. The summed E-state index contributed by atoms with van der Waals surface area (Å²) < 4.78 is -0.0747. The van der Waals surface area contributed by atoms with E-state index >= 15 is 0 Å². The number of hydrogen-bond donors (Lipinski definition) is 0. The molecule has 0 aliphatic heterocycles. The van der Waals surface area contributed by atoms with Crippen molar-refractivity contribution in [2.75, 3.05) is 6.61 Å². The molecule has 0 bridgehead atoms. The molecule has 0 fully saturated rings. The predicted octanol–water partition coefficient (Wildman–Crippen LogP) is 2.35. The fourth-order valence-corrected chi connectivity index (χ4v) is 0.330. The minimum Gasteiger partial charge on any atom is -0.235 e. The second-order valence-corrected chi connectivity index (χ2v) is 5.35. The minimum atomic E-state index is -0.0851. The Bertz CT molecular complexity index is 67.3. The van der Waals surface area contributed by atoms with E-state index in [2.05, 4.69) is 31.9 Å². The van der Waals surface area contributed by atoms with Crippen molar-refractivity contribution in [2.45, 2.75) is 23.0 Å². The van der Waals surface area contributed by atoms with Gasteiger partial charge < -0.3 is 0 Å². The zero-order valence-corrected chi connectivity index (χ0v) is 8.12. The van der Waals surface area contributed by atoms with Crippen LogP contribution in [0.25, 0.3) is 0 Å². The fourth-order valence-electron chi connectivity index (χ4n) is 0.198. The van der Waals surface area contributed by atoms with Crippen molar-refractivity contribution < 1.29 is 5.11 Å². The van der Waals surface area contributed by atoms with E-state index in [0.29, 0.717) is 0 Å². The molecule has 0 spiro atoms. The van der Waals surface area contributed by atoms with Crippen molar-refractivity contribution in [3.05, 3.63) is 0 Å². The highest BCUT2D eigenvalue weighted by atomic mass is 79.9. The molecule has 1 radical (unpaired) electrons. The second kappa shape index (κ2) is 3.18. The quantitative estimate of drug-likeness (QED) is 0.665. The molecule has 0 saturated heterocycles. The first-order valence-electron chi connectivity index (χ1n) is 2.39. The number of halogens is 2. The Morgan fingerprint density at radius 1 is 1.62 bits per heavy atom. The van der Waals surface area contributed by atoms with Crippen LogP contribution in [0.5, 0.6) is 0 Å². The van der Waals surface area contributed by atoms with Crippen LogP contribution in [-0.4, -0.2) is 15.8 Å². The number of alkyl halides is 2. The Morgan fingerprint density at radius 2 is 2.00 bits per heavy atom. The van der Waals surface area contributed by atoms with E-state index in [1.807, 2.05) is 13.8 Å². The monoisotopic (exact) mass is 243 g/mol. The van der Waals surface area contributed by atoms with Crippen molar-refractivity contribution in [3.63, 3.8) is 0 Å². The molecule has 0 aromatic rings. The summed E-state index contributed by atoms with van der Waals surface area (Å²) >= 11 is 6.60. The molecular weight excluding hydrogens is 236 g/mol. The Hall–Kier alpha value is 0.920. The Balaban J connectivity index is 3.62. The van der Waals surface area contributed by atoms with Crippen LogP contribution < -0.4 is 0 Å². The summed E-state index contributed by atoms with van der Waals surface area (Å²) in [6.07, 6.45) is 0. The molecule has 0 aliphatic carbocycles. The van der Waals surface area contributed by atoms with Crippen molar-refractivity contribution in [1.82, 2.24) is 0 Å². The van der Waals surface area contributed by atoms with Gasteiger partial charge in [0.2, 0.25) is 0 Å². The molecular formula is C5H9Br2O. The number of rotatable bonds is 2. The molecule has 0 rings (SSSR count). The van der Waals surface area contributed by atoms with Gasteiger partial charge in [-0.2, -0.15) is 0 Å². The zero-order valence-electron chi connectivity index (χ0n) is 4.95. The van der Waals surface area contributed by atoms with Crippen LogP contribution in [0.15, 0.2) is 0 Å². The lowest BCUT2D eigenvalue weighted by Crippen LogP contribution is -2.26. The number of hydrogen-bond acceptors (Lipinski definition) is 0. The van der Waals surface area contributed by atoms with Gasteiger partial charge in [-0.15, -0.1) is 0 Å². The molecule has 0 aliphatic rings. The van der Waals surface area contributed by atoms with Crippen molar-refractivity contribution in [2.24, 2.45) is 0 Å². The van der Waals surface area contributed by atoms with Crippen molar-refractivity contribution in [1.29, 1.82) is 0 Å². The van der Waals surface area contributed by atoms with Crippen LogP contribution in [0, 0.1) is 0 Å². The average Bonchev–Trinajstić information content (AvgIpc) is 1.62. The smallest absolute Gasteiger partial charge is 0.0960 e. The van der Waals surface area contributed by atoms with E-state index in [1.54, 1.807) is 0 Å². The normalized spacial score (nSPS) is 16.1. The van der Waals surface area contributed by atoms with Gasteiger partial charge in [-0.3, -0.25) is 0 Å². The lowest BCUT2D eigenvalue weighted by molar-refractivity contribution is 0.188. The molecule has 1 atom stereocenters. The molecule has 0 amide bonds. The summed E-state index contributed by atoms with van der Waals surface area (Å²) in [7, 11) is 0. The van der Waals surface area contributed by atoms with E-state index in [-0.39, 0.29) is 15.8 Å². The second-order valence-electron chi connectivity index (χ2n) is 2.20. The van der Waals surface area contributed by atoms with Gasteiger partial charge in [-0.25, -0.2) is 5.11 Å². The third kappa shape index (κ3) is 3.05. The maximum Gasteiger partial charge on any atom is 0.0960 e. The van der Waals surface area contributed by atoms with Crippen LogP contribution >= 0.6 is 31.9 Å². The molecule has 0 aromatic heterocycles. The Morgan fingerprint density at radius 3 is 2.00 bits per heavy atom. The minimum absolute atomic E-state index is 0.0231. The highest BCUT2D eigenvalue weighted by Gasteiger charge is 2.22. The van der Waals surface area contributed by atoms with Crippen molar-refractivity contribution in [3.8, 4) is 0 Å². The van der Waals surface area contributed by atoms with Gasteiger partial charge in [0.1, 0.15) is 0 Å². The highest BCUT2D eigenvalue weighted by molar-refractivity contribution is 9.12. The third-order valence-electron chi connectivity index (χ3n) is 0.891. The van der Waals surface area contributed by atoms with Crippen LogP contribution in [0.2, 0.25) is 0 Å². The summed E-state index contributed by atoms with van der Waals surface area (Å²) in [5.74, 6) is 0. The van der Waals surface area contributed by atoms with E-state index in [4.69, 9.17) is 0 Å². The first-order chi connectivity index (χ1) is 3.48. The SMILES string of the molecule is CC(C)(Br)C(Br)C[O]. The lowest BCUT2D eigenvalue weighted by atomic mass is 10.1. The summed E-state index contributed by atoms with van der Waals surface area (Å²) in [6, 6.07) is 0. The van der Waals surface area contributed by atoms with Gasteiger partial charge >= 0.3 is 0 Å². The van der Waals surface area contributed by atoms with Crippen molar-refractivity contribution >= 4 is 31.9 Å². The van der Waals surface area contributed by atoms with Crippen LogP contribution in [-0.2, 0) is 5.11 Å². The van der Waals surface area contributed by atoms with Gasteiger partial charge in [0, 0.05) is 4.32 Å². The molecule has 0 N–H and O–H groups in total. The van der Waals surface area contributed by atoms with Gasteiger partial charge in [0.05, 0.1) is 11.4 Å². The summed E-state index contributed by atoms with van der Waals surface area (Å²) in [5, 5.41) is 10.2. The van der Waals surface area contributed by atoms with E-state index < -0.39 is 0 Å². The Kier molecular flexibility index (Phi) is 3.55.